The number of halogens is 3. The van der Waals surface area contributed by atoms with Gasteiger partial charge in [-0.05, 0) is 18.2 Å². The van der Waals surface area contributed by atoms with Crippen LogP contribution in [0.3, 0.4) is 0 Å². The van der Waals surface area contributed by atoms with E-state index in [9.17, 15) is 0 Å². The molecule has 90 valence electrons. The molecule has 2 N–H and O–H groups in total. The van der Waals surface area contributed by atoms with E-state index in [1.54, 1.807) is 24.4 Å². The minimum atomic E-state index is 0.165. The van der Waals surface area contributed by atoms with Crippen LogP contribution in [0.15, 0.2) is 24.4 Å². The van der Waals surface area contributed by atoms with Gasteiger partial charge < -0.3 is 10.5 Å². The minimum Gasteiger partial charge on any atom is -0.470 e. The van der Waals surface area contributed by atoms with Gasteiger partial charge in [0.2, 0.25) is 0 Å². The molecule has 0 bridgehead atoms. The summed E-state index contributed by atoms with van der Waals surface area (Å²) in [6, 6.07) is 4.97. The molecular formula is C10H8Cl3N3O. The molecule has 0 unspecified atom stereocenters. The van der Waals surface area contributed by atoms with Crippen molar-refractivity contribution in [1.82, 2.24) is 9.78 Å². The van der Waals surface area contributed by atoms with Gasteiger partial charge >= 0.3 is 0 Å². The van der Waals surface area contributed by atoms with E-state index >= 15 is 0 Å². The van der Waals surface area contributed by atoms with Gasteiger partial charge in [-0.2, -0.15) is 5.10 Å². The van der Waals surface area contributed by atoms with Crippen molar-refractivity contribution in [2.75, 3.05) is 5.73 Å². The van der Waals surface area contributed by atoms with Gasteiger partial charge in [0.05, 0.1) is 5.02 Å². The van der Waals surface area contributed by atoms with Gasteiger partial charge in [-0.3, -0.25) is 0 Å². The van der Waals surface area contributed by atoms with Crippen LogP contribution >= 0.6 is 34.8 Å². The molecule has 4 nitrogen and oxygen atoms in total. The molecule has 0 saturated heterocycles. The predicted octanol–water partition coefficient (Wildman–Crippen LogP) is 3.46. The fraction of sp³-hybridized carbons (Fsp3) is 0.100. The summed E-state index contributed by atoms with van der Waals surface area (Å²) >= 11 is 17.5. The van der Waals surface area contributed by atoms with E-state index in [2.05, 4.69) is 5.10 Å². The van der Waals surface area contributed by atoms with Crippen molar-refractivity contribution in [3.05, 3.63) is 39.5 Å². The van der Waals surface area contributed by atoms with Gasteiger partial charge in [0, 0.05) is 11.2 Å². The lowest BCUT2D eigenvalue weighted by Crippen LogP contribution is -2.06. The number of nitrogen functional groups attached to an aromatic ring is 1. The van der Waals surface area contributed by atoms with Crippen molar-refractivity contribution in [2.24, 2.45) is 0 Å². The molecule has 0 fully saturated rings. The average molecular weight is 293 g/mol. The van der Waals surface area contributed by atoms with Crippen LogP contribution in [0, 0.1) is 0 Å². The zero-order chi connectivity index (χ0) is 12.4. The van der Waals surface area contributed by atoms with Crippen LogP contribution in [0.4, 0.5) is 5.82 Å². The summed E-state index contributed by atoms with van der Waals surface area (Å²) in [6.45, 7) is 0.165. The zero-order valence-electron chi connectivity index (χ0n) is 8.53. The maximum atomic E-state index is 5.94. The SMILES string of the molecule is Nc1nn(COc2ccc(Cl)cc2Cl)cc1Cl. The molecule has 0 amide bonds. The van der Waals surface area contributed by atoms with Crippen molar-refractivity contribution in [2.45, 2.75) is 6.73 Å². The summed E-state index contributed by atoms with van der Waals surface area (Å²) in [5.74, 6) is 0.777. The van der Waals surface area contributed by atoms with E-state index in [0.717, 1.165) is 0 Å². The molecule has 17 heavy (non-hydrogen) atoms. The number of rotatable bonds is 3. The van der Waals surface area contributed by atoms with Gasteiger partial charge in [0.25, 0.3) is 0 Å². The maximum Gasteiger partial charge on any atom is 0.181 e. The fourth-order valence-electron chi connectivity index (χ4n) is 1.21. The lowest BCUT2D eigenvalue weighted by atomic mass is 10.3. The van der Waals surface area contributed by atoms with E-state index in [1.807, 2.05) is 0 Å². The van der Waals surface area contributed by atoms with Crippen molar-refractivity contribution >= 4 is 40.6 Å². The maximum absolute atomic E-state index is 5.94. The Kier molecular flexibility index (Phi) is 3.66. The number of nitrogens with two attached hydrogens (primary N) is 1. The molecule has 0 atom stereocenters. The normalized spacial score (nSPS) is 10.5. The van der Waals surface area contributed by atoms with Crippen molar-refractivity contribution in [3.8, 4) is 5.75 Å². The summed E-state index contributed by atoms with van der Waals surface area (Å²) in [6.07, 6.45) is 1.57. The first kappa shape index (κ1) is 12.4. The number of ether oxygens (including phenoxy) is 1. The Hall–Kier alpha value is -1.10. The molecule has 0 aliphatic rings. The average Bonchev–Trinajstić information content (AvgIpc) is 2.57. The number of hydrogen-bond acceptors (Lipinski definition) is 3. The summed E-state index contributed by atoms with van der Waals surface area (Å²) < 4.78 is 6.92. The van der Waals surface area contributed by atoms with Crippen LogP contribution in [-0.4, -0.2) is 9.78 Å². The number of hydrogen-bond donors (Lipinski definition) is 1. The lowest BCUT2D eigenvalue weighted by Gasteiger charge is -2.07. The van der Waals surface area contributed by atoms with E-state index in [4.69, 9.17) is 45.3 Å². The summed E-state index contributed by atoms with van der Waals surface area (Å²) in [5, 5.41) is 5.31. The lowest BCUT2D eigenvalue weighted by molar-refractivity contribution is 0.221. The number of nitrogens with zero attached hydrogens (tertiary/aromatic N) is 2. The van der Waals surface area contributed by atoms with Gasteiger partial charge in [-0.1, -0.05) is 34.8 Å². The van der Waals surface area contributed by atoms with Crippen LogP contribution in [-0.2, 0) is 6.73 Å². The zero-order valence-corrected chi connectivity index (χ0v) is 10.8. The highest BCUT2D eigenvalue weighted by Gasteiger charge is 2.05. The molecule has 2 aromatic rings. The first-order valence-corrected chi connectivity index (χ1v) is 5.76. The molecule has 1 aromatic carbocycles. The molecular weight excluding hydrogens is 284 g/mol. The quantitative estimate of drug-likeness (QED) is 0.942. The Morgan fingerprint density at radius 1 is 1.24 bits per heavy atom. The van der Waals surface area contributed by atoms with Crippen LogP contribution in [0.5, 0.6) is 5.75 Å². The number of anilines is 1. The van der Waals surface area contributed by atoms with E-state index < -0.39 is 0 Å². The Labute approximate surface area is 113 Å². The van der Waals surface area contributed by atoms with Gasteiger partial charge in [0.1, 0.15) is 10.8 Å². The Bertz CT molecular complexity index is 522. The molecule has 7 heteroatoms. The topological polar surface area (TPSA) is 53.1 Å². The monoisotopic (exact) mass is 291 g/mol. The first-order valence-electron chi connectivity index (χ1n) is 4.62. The van der Waals surface area contributed by atoms with Crippen LogP contribution in [0.1, 0.15) is 0 Å². The van der Waals surface area contributed by atoms with Gasteiger partial charge in [-0.25, -0.2) is 4.68 Å². The van der Waals surface area contributed by atoms with E-state index in [-0.39, 0.29) is 12.5 Å². The second kappa shape index (κ2) is 5.04. The molecule has 2 rings (SSSR count). The van der Waals surface area contributed by atoms with E-state index in [0.29, 0.717) is 20.8 Å². The van der Waals surface area contributed by atoms with Gasteiger partial charge in [-0.15, -0.1) is 0 Å². The Morgan fingerprint density at radius 2 is 2.00 bits per heavy atom. The molecule has 0 radical (unpaired) electrons. The van der Waals surface area contributed by atoms with Gasteiger partial charge in [0.15, 0.2) is 12.5 Å². The fourth-order valence-corrected chi connectivity index (χ4v) is 1.82. The molecule has 1 aromatic heterocycles. The second-order valence-electron chi connectivity index (χ2n) is 3.25. The first-order chi connectivity index (χ1) is 8.06. The Balaban J connectivity index is 2.07. The highest BCUT2D eigenvalue weighted by Crippen LogP contribution is 2.27. The highest BCUT2D eigenvalue weighted by atomic mass is 35.5. The smallest absolute Gasteiger partial charge is 0.181 e. The van der Waals surface area contributed by atoms with Crippen LogP contribution < -0.4 is 10.5 Å². The third kappa shape index (κ3) is 2.97. The van der Waals surface area contributed by atoms with Crippen LogP contribution in [0.2, 0.25) is 15.1 Å². The van der Waals surface area contributed by atoms with Crippen molar-refractivity contribution in [3.63, 3.8) is 0 Å². The van der Waals surface area contributed by atoms with Crippen molar-refractivity contribution < 1.29 is 4.74 Å². The summed E-state index contributed by atoms with van der Waals surface area (Å²) in [4.78, 5) is 0. The molecule has 0 aliphatic carbocycles. The summed E-state index contributed by atoms with van der Waals surface area (Å²) in [5.41, 5.74) is 5.50. The molecule has 0 saturated carbocycles. The van der Waals surface area contributed by atoms with Crippen molar-refractivity contribution in [1.29, 1.82) is 0 Å². The standard InChI is InChI=1S/C10H8Cl3N3O/c11-6-1-2-9(7(12)3-6)17-5-16-4-8(13)10(14)15-16/h1-4H,5H2,(H2,14,15). The van der Waals surface area contributed by atoms with Crippen LogP contribution in [0.25, 0.3) is 0 Å². The minimum absolute atomic E-state index is 0.165. The molecule has 0 aliphatic heterocycles. The number of aromatic nitrogens is 2. The molecule has 1 heterocycles. The number of benzene rings is 1. The predicted molar refractivity (Wildman–Crippen MR) is 68.7 cm³/mol. The summed E-state index contributed by atoms with van der Waals surface area (Å²) in [7, 11) is 0. The highest BCUT2D eigenvalue weighted by molar-refractivity contribution is 6.35. The molecule has 0 spiro atoms. The Morgan fingerprint density at radius 3 is 2.59 bits per heavy atom. The van der Waals surface area contributed by atoms with E-state index in [1.165, 1.54) is 4.68 Å². The largest absolute Gasteiger partial charge is 0.470 e. The second-order valence-corrected chi connectivity index (χ2v) is 4.50. The third-order valence-corrected chi connectivity index (χ3v) is 2.81. The third-order valence-electron chi connectivity index (χ3n) is 1.99.